The van der Waals surface area contributed by atoms with Crippen LogP contribution in [0.2, 0.25) is 0 Å². The van der Waals surface area contributed by atoms with Crippen molar-refractivity contribution in [1.29, 1.82) is 0 Å². The molecule has 0 aliphatic carbocycles. The zero-order valence-electron chi connectivity index (χ0n) is 9.26. The summed E-state index contributed by atoms with van der Waals surface area (Å²) in [7, 11) is 0. The third kappa shape index (κ3) is 2.76. The average Bonchev–Trinajstić information content (AvgIpc) is 2.31. The van der Waals surface area contributed by atoms with Gasteiger partial charge in [0.15, 0.2) is 0 Å². The van der Waals surface area contributed by atoms with E-state index in [2.05, 4.69) is 29.8 Å². The van der Waals surface area contributed by atoms with Gasteiger partial charge in [-0.05, 0) is 42.0 Å². The van der Waals surface area contributed by atoms with Crippen molar-refractivity contribution in [3.63, 3.8) is 0 Å². The van der Waals surface area contributed by atoms with Crippen LogP contribution in [0.4, 0.5) is 0 Å². The Morgan fingerprint density at radius 1 is 1.36 bits per heavy atom. The van der Waals surface area contributed by atoms with Crippen molar-refractivity contribution in [2.24, 2.45) is 0 Å². The molecule has 0 fully saturated rings. The minimum atomic E-state index is 1.10. The quantitative estimate of drug-likeness (QED) is 0.711. The van der Waals surface area contributed by atoms with Crippen LogP contribution in [0.3, 0.4) is 0 Å². The van der Waals surface area contributed by atoms with Crippen LogP contribution in [0.1, 0.15) is 31.9 Å². The van der Waals surface area contributed by atoms with Crippen LogP contribution in [0.25, 0.3) is 0 Å². The van der Waals surface area contributed by atoms with Gasteiger partial charge in [0.05, 0.1) is 0 Å². The third-order valence-electron chi connectivity index (χ3n) is 2.21. The van der Waals surface area contributed by atoms with E-state index in [0.717, 1.165) is 13.0 Å². The first-order valence-electron chi connectivity index (χ1n) is 5.41. The fourth-order valence-corrected chi connectivity index (χ4v) is 2.25. The van der Waals surface area contributed by atoms with E-state index in [4.69, 9.17) is 0 Å². The Labute approximate surface area is 91.4 Å². The molecule has 2 heteroatoms. The van der Waals surface area contributed by atoms with Gasteiger partial charge in [-0.2, -0.15) is 0 Å². The topological polar surface area (TPSA) is 12.0 Å². The number of hydrogen-bond donors (Lipinski definition) is 1. The summed E-state index contributed by atoms with van der Waals surface area (Å²) in [6, 6.07) is 6.78. The second-order valence-electron chi connectivity index (χ2n) is 3.04. The van der Waals surface area contributed by atoms with Gasteiger partial charge in [0, 0.05) is 11.4 Å². The second-order valence-corrected chi connectivity index (χ2v) is 3.97. The second kappa shape index (κ2) is 6.10. The lowest BCUT2D eigenvalue weighted by Crippen LogP contribution is -2.14. The molecule has 0 unspecified atom stereocenters. The molecule has 1 aliphatic heterocycles. The molecule has 1 aromatic carbocycles. The van der Waals surface area contributed by atoms with Gasteiger partial charge in [0.1, 0.15) is 0 Å². The zero-order chi connectivity index (χ0) is 10.4. The molecular formula is C12H19NS. The normalized spacial score (nSPS) is 13.9. The molecule has 1 N–H and O–H groups in total. The zero-order valence-corrected chi connectivity index (χ0v) is 10.1. The summed E-state index contributed by atoms with van der Waals surface area (Å²) in [5.74, 6) is 0. The molecule has 1 heterocycles. The van der Waals surface area contributed by atoms with Crippen molar-refractivity contribution in [2.45, 2.75) is 38.5 Å². The average molecular weight is 209 g/mol. The summed E-state index contributed by atoms with van der Waals surface area (Å²) in [5.41, 5.74) is 2.97. The predicted octanol–water partition coefficient (Wildman–Crippen LogP) is 3.43. The van der Waals surface area contributed by atoms with E-state index in [9.17, 15) is 0 Å². The Hall–Kier alpha value is -0.470. The largest absolute Gasteiger partial charge is 0.260 e. The number of fused-ring (bicyclic) bond motifs is 1. The molecule has 0 saturated heterocycles. The SMILES string of the molecule is CC.CCc1ccc2c(c1)CCNS2. The van der Waals surface area contributed by atoms with E-state index in [1.807, 2.05) is 13.8 Å². The molecule has 1 nitrogen and oxygen atoms in total. The monoisotopic (exact) mass is 209 g/mol. The first-order chi connectivity index (χ1) is 6.90. The van der Waals surface area contributed by atoms with Crippen molar-refractivity contribution in [3.05, 3.63) is 29.3 Å². The molecule has 1 aliphatic rings. The molecule has 0 spiro atoms. The van der Waals surface area contributed by atoms with Crippen molar-refractivity contribution in [3.8, 4) is 0 Å². The van der Waals surface area contributed by atoms with Crippen molar-refractivity contribution in [1.82, 2.24) is 4.72 Å². The molecule has 1 aromatic rings. The summed E-state index contributed by atoms with van der Waals surface area (Å²) >= 11 is 1.76. The highest BCUT2D eigenvalue weighted by molar-refractivity contribution is 7.97. The Morgan fingerprint density at radius 2 is 2.14 bits per heavy atom. The van der Waals surface area contributed by atoms with E-state index >= 15 is 0 Å². The van der Waals surface area contributed by atoms with E-state index < -0.39 is 0 Å². The summed E-state index contributed by atoms with van der Waals surface area (Å²) < 4.78 is 3.30. The van der Waals surface area contributed by atoms with Gasteiger partial charge in [0.25, 0.3) is 0 Å². The lowest BCUT2D eigenvalue weighted by atomic mass is 10.1. The lowest BCUT2D eigenvalue weighted by Gasteiger charge is -2.16. The van der Waals surface area contributed by atoms with Crippen LogP contribution >= 0.6 is 11.9 Å². The molecule has 14 heavy (non-hydrogen) atoms. The van der Waals surface area contributed by atoms with Crippen LogP contribution in [-0.2, 0) is 12.8 Å². The fraction of sp³-hybridized carbons (Fsp3) is 0.500. The highest BCUT2D eigenvalue weighted by Gasteiger charge is 2.08. The maximum Gasteiger partial charge on any atom is 0.0260 e. The Bertz CT molecular complexity index is 284. The summed E-state index contributed by atoms with van der Waals surface area (Å²) in [4.78, 5) is 1.40. The Kier molecular flexibility index (Phi) is 5.05. The highest BCUT2D eigenvalue weighted by atomic mass is 32.2. The van der Waals surface area contributed by atoms with Crippen LogP contribution in [0, 0.1) is 0 Å². The van der Waals surface area contributed by atoms with E-state index in [0.29, 0.717) is 0 Å². The van der Waals surface area contributed by atoms with Gasteiger partial charge in [0.2, 0.25) is 0 Å². The molecule has 0 amide bonds. The van der Waals surface area contributed by atoms with Crippen LogP contribution in [-0.4, -0.2) is 6.54 Å². The summed E-state index contributed by atoms with van der Waals surface area (Å²) in [6.07, 6.45) is 2.32. The fourth-order valence-electron chi connectivity index (χ4n) is 1.46. The van der Waals surface area contributed by atoms with Crippen LogP contribution in [0.15, 0.2) is 23.1 Å². The maximum absolute atomic E-state index is 3.30. The Balaban J connectivity index is 0.000000461. The standard InChI is InChI=1S/C10H13NS.C2H6/c1-2-8-3-4-10-9(7-8)5-6-11-12-10;1-2/h3-4,7,11H,2,5-6H2,1H3;1-2H3. The molecular weight excluding hydrogens is 190 g/mol. The first kappa shape index (κ1) is 11.6. The molecule has 0 saturated carbocycles. The van der Waals surface area contributed by atoms with Crippen molar-refractivity contribution < 1.29 is 0 Å². The van der Waals surface area contributed by atoms with Gasteiger partial charge in [-0.3, -0.25) is 4.72 Å². The summed E-state index contributed by atoms with van der Waals surface area (Å²) in [5, 5.41) is 0. The van der Waals surface area contributed by atoms with Gasteiger partial charge in [-0.1, -0.05) is 32.9 Å². The van der Waals surface area contributed by atoms with Crippen molar-refractivity contribution in [2.75, 3.05) is 6.54 Å². The minimum absolute atomic E-state index is 1.10. The Morgan fingerprint density at radius 3 is 2.86 bits per heavy atom. The predicted molar refractivity (Wildman–Crippen MR) is 64.7 cm³/mol. The number of rotatable bonds is 1. The molecule has 0 bridgehead atoms. The van der Waals surface area contributed by atoms with Gasteiger partial charge >= 0.3 is 0 Å². The van der Waals surface area contributed by atoms with E-state index in [-0.39, 0.29) is 0 Å². The maximum atomic E-state index is 3.30. The van der Waals surface area contributed by atoms with Crippen LogP contribution in [0.5, 0.6) is 0 Å². The summed E-state index contributed by atoms with van der Waals surface area (Å²) in [6.45, 7) is 7.31. The van der Waals surface area contributed by atoms with E-state index in [1.165, 1.54) is 22.4 Å². The number of benzene rings is 1. The van der Waals surface area contributed by atoms with Gasteiger partial charge in [-0.15, -0.1) is 0 Å². The van der Waals surface area contributed by atoms with Gasteiger partial charge < -0.3 is 0 Å². The third-order valence-corrected chi connectivity index (χ3v) is 3.18. The van der Waals surface area contributed by atoms with Gasteiger partial charge in [-0.25, -0.2) is 0 Å². The minimum Gasteiger partial charge on any atom is -0.260 e. The van der Waals surface area contributed by atoms with E-state index in [1.54, 1.807) is 11.9 Å². The molecule has 0 radical (unpaired) electrons. The first-order valence-corrected chi connectivity index (χ1v) is 6.23. The number of aryl methyl sites for hydroxylation is 1. The number of hydrogen-bond acceptors (Lipinski definition) is 2. The number of nitrogens with one attached hydrogen (secondary N) is 1. The highest BCUT2D eigenvalue weighted by Crippen LogP contribution is 2.25. The molecule has 2 rings (SSSR count). The van der Waals surface area contributed by atoms with Crippen LogP contribution < -0.4 is 4.72 Å². The smallest absolute Gasteiger partial charge is 0.0260 e. The van der Waals surface area contributed by atoms with Crippen molar-refractivity contribution >= 4 is 11.9 Å². The molecule has 0 atom stereocenters. The molecule has 0 aromatic heterocycles. The lowest BCUT2D eigenvalue weighted by molar-refractivity contribution is 0.860. The molecule has 78 valence electrons.